The van der Waals surface area contributed by atoms with E-state index in [9.17, 15) is 70.3 Å². The maximum Gasteiger partial charge on any atom is 0.419 e. The highest BCUT2D eigenvalue weighted by Gasteiger charge is 2.43. The first kappa shape index (κ1) is 77.4. The van der Waals surface area contributed by atoms with Crippen molar-refractivity contribution in [1.82, 2.24) is 55.6 Å². The van der Waals surface area contributed by atoms with Gasteiger partial charge in [-0.25, -0.2) is 4.39 Å². The highest BCUT2D eigenvalue weighted by Crippen LogP contribution is 2.33. The zero-order valence-electron chi connectivity index (χ0n) is 56.4. The first-order chi connectivity index (χ1) is 41.7. The van der Waals surface area contributed by atoms with Gasteiger partial charge < -0.3 is 55.6 Å². The molecule has 1 aromatic rings. The van der Waals surface area contributed by atoms with Crippen LogP contribution < -0.4 is 21.3 Å². The Morgan fingerprint density at radius 2 is 1.17 bits per heavy atom. The third kappa shape index (κ3) is 21.6. The van der Waals surface area contributed by atoms with Crippen LogP contribution >= 0.6 is 0 Å². The standard InChI is InChI=1S/C64H103F4N11O11/c1-19-40(8)55-60(88)75(14)35-52(82)73(12)36-53(83)78(17)49(33-42-23-21-20-22-24-42)59(87)74(13)34-50(80)69-46(28-26-43-25-27-44(45(65)32-43)64(66,67)68)56(84)70-47(29-37(2)3)58(86)79(18)63(10,11)62(90)72-54(39(6)7)61(89)76(15)41(9)31-51(81)77(16)48(30-38(4)5)57(85)71-55/h25,27,32,37-42,46-49,54-55H,19-24,26,28-31,33-36H2,1-18H3,(H,69,80)(H,70,84)(H,71,85)(H,72,90)/t40-,41+,46-,47+,48-,49-,54-,55-/m0/s1. The number of hydrogen-bond donors (Lipinski definition) is 4. The number of nitrogens with one attached hydrogen (secondary N) is 4. The van der Waals surface area contributed by atoms with Gasteiger partial charge in [0.15, 0.2) is 0 Å². The first-order valence-corrected chi connectivity index (χ1v) is 31.5. The van der Waals surface area contributed by atoms with Crippen LogP contribution in [0.1, 0.15) is 158 Å². The third-order valence-electron chi connectivity index (χ3n) is 17.8. The maximum absolute atomic E-state index is 14.9. The molecule has 3 rings (SSSR count). The molecule has 0 bridgehead atoms. The maximum atomic E-state index is 14.9. The van der Waals surface area contributed by atoms with Crippen molar-refractivity contribution >= 4 is 65.0 Å². The van der Waals surface area contributed by atoms with Crippen molar-refractivity contribution in [3.05, 3.63) is 35.1 Å². The molecule has 1 heterocycles. The fourth-order valence-corrected chi connectivity index (χ4v) is 11.1. The van der Waals surface area contributed by atoms with Crippen LogP contribution in [-0.4, -0.2) is 216 Å². The molecule has 8 atom stereocenters. The van der Waals surface area contributed by atoms with E-state index >= 15 is 0 Å². The summed E-state index contributed by atoms with van der Waals surface area (Å²) >= 11 is 0. The van der Waals surface area contributed by atoms with Crippen LogP contribution in [0.25, 0.3) is 0 Å². The van der Waals surface area contributed by atoms with Gasteiger partial charge in [-0.15, -0.1) is 0 Å². The molecule has 0 spiro atoms. The molecule has 2 fully saturated rings. The number of benzene rings is 1. The summed E-state index contributed by atoms with van der Waals surface area (Å²) in [5.41, 5.74) is -3.20. The predicted molar refractivity (Wildman–Crippen MR) is 332 cm³/mol. The Kier molecular flexibility index (Phi) is 29.2. The number of alkyl halides is 3. The lowest BCUT2D eigenvalue weighted by Gasteiger charge is -2.39. The summed E-state index contributed by atoms with van der Waals surface area (Å²) in [5, 5.41) is 11.0. The number of rotatable bonds is 12. The molecule has 4 N–H and O–H groups in total. The molecule has 1 aliphatic heterocycles. The van der Waals surface area contributed by atoms with Crippen LogP contribution in [0.15, 0.2) is 18.2 Å². The largest absolute Gasteiger partial charge is 0.419 e. The van der Waals surface area contributed by atoms with Gasteiger partial charge in [0.05, 0.1) is 25.2 Å². The molecule has 1 aliphatic carbocycles. The van der Waals surface area contributed by atoms with Crippen molar-refractivity contribution in [2.24, 2.45) is 29.6 Å². The van der Waals surface area contributed by atoms with E-state index in [4.69, 9.17) is 0 Å². The monoisotopic (exact) mass is 1280 g/mol. The van der Waals surface area contributed by atoms with E-state index in [-0.39, 0.29) is 61.8 Å². The van der Waals surface area contributed by atoms with Crippen LogP contribution in [-0.2, 0) is 65.3 Å². The number of hydrogen-bond acceptors (Lipinski definition) is 11. The second kappa shape index (κ2) is 34.0. The van der Waals surface area contributed by atoms with E-state index in [1.165, 1.54) is 77.9 Å². The fourth-order valence-electron chi connectivity index (χ4n) is 11.1. The Balaban J connectivity index is 2.21. The lowest BCUT2D eigenvalue weighted by atomic mass is 9.84. The normalized spacial score (nSPS) is 25.1. The molecule has 0 radical (unpaired) electrons. The number of halogens is 4. The Hall–Kier alpha value is -6.89. The van der Waals surface area contributed by atoms with Gasteiger partial charge in [-0.3, -0.25) is 52.7 Å². The van der Waals surface area contributed by atoms with E-state index in [0.29, 0.717) is 18.6 Å². The number of nitrogens with zero attached hydrogens (tertiary/aromatic N) is 7. The summed E-state index contributed by atoms with van der Waals surface area (Å²) < 4.78 is 55.6. The van der Waals surface area contributed by atoms with Gasteiger partial charge in [0.25, 0.3) is 0 Å². The van der Waals surface area contributed by atoms with E-state index in [2.05, 4.69) is 21.3 Å². The highest BCUT2D eigenvalue weighted by molar-refractivity contribution is 5.99. The predicted octanol–water partition coefficient (Wildman–Crippen LogP) is 5.00. The number of carbonyl (C=O) groups is 11. The molecule has 508 valence electrons. The zero-order valence-corrected chi connectivity index (χ0v) is 56.4. The van der Waals surface area contributed by atoms with Crippen molar-refractivity contribution in [3.8, 4) is 0 Å². The van der Waals surface area contributed by atoms with Crippen molar-refractivity contribution in [2.45, 2.75) is 207 Å². The summed E-state index contributed by atoms with van der Waals surface area (Å²) in [6.07, 6.45) is -0.777. The summed E-state index contributed by atoms with van der Waals surface area (Å²) in [7, 11) is 9.75. The molecule has 11 amide bonds. The van der Waals surface area contributed by atoms with E-state index < -0.39 is 162 Å². The number of carbonyl (C=O) groups excluding carboxylic acids is 11. The molecule has 0 unspecified atom stereocenters. The number of amides is 11. The smallest absolute Gasteiger partial charge is 0.343 e. The van der Waals surface area contributed by atoms with Crippen molar-refractivity contribution in [1.29, 1.82) is 0 Å². The van der Waals surface area contributed by atoms with Crippen LogP contribution in [0, 0.1) is 35.4 Å². The minimum absolute atomic E-state index is 0.00486. The minimum Gasteiger partial charge on any atom is -0.343 e. The van der Waals surface area contributed by atoms with Gasteiger partial charge >= 0.3 is 6.18 Å². The van der Waals surface area contributed by atoms with Crippen LogP contribution in [0.2, 0.25) is 0 Å². The Bertz CT molecular complexity index is 2700. The zero-order chi connectivity index (χ0) is 68.6. The second-order valence-electron chi connectivity index (χ2n) is 26.7. The number of likely N-dealkylation sites (N-methyl/N-ethyl adjacent to an activating group) is 7. The van der Waals surface area contributed by atoms with E-state index in [0.717, 1.165) is 57.8 Å². The van der Waals surface area contributed by atoms with Crippen LogP contribution in [0.4, 0.5) is 17.6 Å². The van der Waals surface area contributed by atoms with Crippen molar-refractivity contribution in [3.63, 3.8) is 0 Å². The summed E-state index contributed by atoms with van der Waals surface area (Å²) in [5.74, 6) is -10.5. The molecule has 0 aromatic heterocycles. The van der Waals surface area contributed by atoms with Gasteiger partial charge in [-0.2, -0.15) is 13.2 Å². The topological polar surface area (TPSA) is 259 Å². The van der Waals surface area contributed by atoms with Crippen molar-refractivity contribution in [2.75, 3.05) is 69.0 Å². The van der Waals surface area contributed by atoms with Crippen LogP contribution in [0.3, 0.4) is 0 Å². The first-order valence-electron chi connectivity index (χ1n) is 31.5. The highest BCUT2D eigenvalue weighted by atomic mass is 19.4. The second-order valence-corrected chi connectivity index (χ2v) is 26.7. The Morgan fingerprint density at radius 1 is 0.600 bits per heavy atom. The van der Waals surface area contributed by atoms with Gasteiger partial charge in [0.1, 0.15) is 47.6 Å². The lowest BCUT2D eigenvalue weighted by molar-refractivity contribution is -0.149. The summed E-state index contributed by atoms with van der Waals surface area (Å²) in [6, 6.07) is -6.03. The molecule has 90 heavy (non-hydrogen) atoms. The molecule has 22 nitrogen and oxygen atoms in total. The van der Waals surface area contributed by atoms with Crippen LogP contribution in [0.5, 0.6) is 0 Å². The van der Waals surface area contributed by atoms with E-state index in [1.54, 1.807) is 41.5 Å². The Labute approximate surface area is 530 Å². The molecule has 1 saturated carbocycles. The Morgan fingerprint density at radius 3 is 1.71 bits per heavy atom. The molecule has 26 heteroatoms. The SMILES string of the molecule is CC[C@H](C)[C@@H]1NC(=O)[C@H](CC(C)C)N(C)C(=O)C[C@@H](C)N(C)C(=O)[C@H](C(C)C)NC(=O)C(C)(C)N(C)C(=O)[C@@H](CC(C)C)NC(=O)[C@H](CCc2ccc(C(F)(F)F)c(F)c2)NC(=O)CN(C)C(=O)[C@H](CC2CCCCC2)N(C)C(=O)CN(C)C(=O)CN(C)C1=O. The van der Waals surface area contributed by atoms with Crippen molar-refractivity contribution < 1.29 is 70.3 Å². The molecule has 1 saturated heterocycles. The third-order valence-corrected chi connectivity index (χ3v) is 17.8. The van der Waals surface area contributed by atoms with Gasteiger partial charge in [0, 0.05) is 61.8 Å². The number of aryl methyl sites for hydroxylation is 1. The fraction of sp³-hybridized carbons (Fsp3) is 0.734. The van der Waals surface area contributed by atoms with Gasteiger partial charge in [-0.1, -0.05) is 100.0 Å². The minimum atomic E-state index is -5.00. The molecular weight excluding hydrogens is 1170 g/mol. The molecule has 2 aliphatic rings. The quantitative estimate of drug-likeness (QED) is 0.203. The summed E-state index contributed by atoms with van der Waals surface area (Å²) in [6.45, 7) is 17.1. The average Bonchev–Trinajstić information content (AvgIpc) is 0.868. The molecular formula is C64H103F4N11O11. The summed E-state index contributed by atoms with van der Waals surface area (Å²) in [4.78, 5) is 166. The van der Waals surface area contributed by atoms with E-state index in [1.807, 2.05) is 20.8 Å². The molecule has 1 aromatic carbocycles. The van der Waals surface area contributed by atoms with Gasteiger partial charge in [0.2, 0.25) is 65.0 Å². The average molecular weight is 1280 g/mol. The lowest BCUT2D eigenvalue weighted by Crippen LogP contribution is -2.63. The van der Waals surface area contributed by atoms with Gasteiger partial charge in [-0.05, 0) is 100 Å².